The lowest BCUT2D eigenvalue weighted by atomic mass is 10.0. The second-order valence-electron chi connectivity index (χ2n) is 15.3. The lowest BCUT2D eigenvalue weighted by molar-refractivity contribution is -0.870. The Morgan fingerprint density at radius 1 is 0.648 bits per heavy atom. The molecule has 0 saturated carbocycles. The lowest BCUT2D eigenvalue weighted by Gasteiger charge is -2.26. The molecule has 0 spiro atoms. The molecule has 1 amide bonds. The van der Waals surface area contributed by atoms with E-state index >= 15 is 0 Å². The van der Waals surface area contributed by atoms with Gasteiger partial charge in [-0.15, -0.1) is 0 Å². The highest BCUT2D eigenvalue weighted by Gasteiger charge is 2.28. The van der Waals surface area contributed by atoms with Gasteiger partial charge < -0.3 is 19.8 Å². The molecule has 0 heterocycles. The predicted octanol–water partition coefficient (Wildman–Crippen LogP) is 11.6. The molecule has 0 aromatic carbocycles. The second-order valence-corrected chi connectivity index (χ2v) is 16.8. The number of rotatable bonds is 37. The fourth-order valence-electron chi connectivity index (χ4n) is 5.58. The van der Waals surface area contributed by atoms with Crippen LogP contribution in [0.25, 0.3) is 0 Å². The third kappa shape index (κ3) is 38.2. The first kappa shape index (κ1) is 51.9. The molecule has 3 atom stereocenters. The van der Waals surface area contributed by atoms with Crippen molar-refractivity contribution in [3.8, 4) is 0 Å². The first-order valence-corrected chi connectivity index (χ1v) is 22.8. The largest absolute Gasteiger partial charge is 0.472 e. The number of carbonyl (C=O) groups excluding carboxylic acids is 1. The Morgan fingerprint density at radius 3 is 1.63 bits per heavy atom. The van der Waals surface area contributed by atoms with E-state index in [9.17, 15) is 19.4 Å². The molecule has 9 heteroatoms. The van der Waals surface area contributed by atoms with Crippen LogP contribution >= 0.6 is 7.82 Å². The van der Waals surface area contributed by atoms with E-state index in [-0.39, 0.29) is 19.1 Å². The molecule has 312 valence electrons. The minimum atomic E-state index is -4.30. The molecule has 0 rings (SSSR count). The third-order valence-electron chi connectivity index (χ3n) is 8.97. The van der Waals surface area contributed by atoms with E-state index in [0.717, 1.165) is 96.3 Å². The van der Waals surface area contributed by atoms with E-state index in [4.69, 9.17) is 9.05 Å². The van der Waals surface area contributed by atoms with Gasteiger partial charge in [-0.3, -0.25) is 13.8 Å². The van der Waals surface area contributed by atoms with Crippen LogP contribution in [0.3, 0.4) is 0 Å². The number of hydrogen-bond donors (Lipinski definition) is 3. The van der Waals surface area contributed by atoms with Crippen LogP contribution in [0.15, 0.2) is 72.9 Å². The Kier molecular flexibility index (Phi) is 35.2. The van der Waals surface area contributed by atoms with Crippen molar-refractivity contribution in [3.05, 3.63) is 72.9 Å². The average Bonchev–Trinajstić information content (AvgIpc) is 3.12. The SMILES string of the molecule is CC/C=C\C/C=C\C/C=C\C/C=C\C/C=C\C/C=C\CCCCCCCCCCC(=O)NC(COP(=O)(O)OCC[N+](C)(C)C)C(O)CCCCCCC. The fraction of sp³-hybridized carbons (Fsp3) is 0.711. The summed E-state index contributed by atoms with van der Waals surface area (Å²) < 4.78 is 23.4. The molecule has 0 aliphatic rings. The van der Waals surface area contributed by atoms with E-state index in [0.29, 0.717) is 23.9 Å². The zero-order chi connectivity index (χ0) is 40.0. The predicted molar refractivity (Wildman–Crippen MR) is 230 cm³/mol. The number of carbonyl (C=O) groups is 1. The van der Waals surface area contributed by atoms with Crippen molar-refractivity contribution < 1.29 is 32.9 Å². The van der Waals surface area contributed by atoms with Gasteiger partial charge in [0.15, 0.2) is 0 Å². The van der Waals surface area contributed by atoms with Crippen LogP contribution in [0.4, 0.5) is 0 Å². The molecule has 8 nitrogen and oxygen atoms in total. The number of aliphatic hydroxyl groups is 1. The normalized spacial score (nSPS) is 15.2. The maximum atomic E-state index is 12.8. The van der Waals surface area contributed by atoms with Crippen molar-refractivity contribution in [1.82, 2.24) is 5.32 Å². The topological polar surface area (TPSA) is 105 Å². The van der Waals surface area contributed by atoms with Gasteiger partial charge in [-0.05, 0) is 64.2 Å². The number of amides is 1. The number of unbranched alkanes of at least 4 members (excludes halogenated alkanes) is 12. The van der Waals surface area contributed by atoms with E-state index in [1.54, 1.807) is 0 Å². The second kappa shape index (κ2) is 36.6. The van der Waals surface area contributed by atoms with Crippen LogP contribution in [0.2, 0.25) is 0 Å². The number of nitrogens with zero attached hydrogens (tertiary/aromatic N) is 1. The van der Waals surface area contributed by atoms with Crippen LogP contribution in [-0.4, -0.2) is 73.4 Å². The molecule has 0 aromatic rings. The van der Waals surface area contributed by atoms with Crippen LogP contribution in [0.1, 0.15) is 155 Å². The number of quaternary nitrogens is 1. The first-order chi connectivity index (χ1) is 26.0. The fourth-order valence-corrected chi connectivity index (χ4v) is 6.31. The Hall–Kier alpha value is -2.06. The van der Waals surface area contributed by atoms with Crippen LogP contribution in [0.5, 0.6) is 0 Å². The van der Waals surface area contributed by atoms with Gasteiger partial charge in [0.1, 0.15) is 13.2 Å². The molecule has 0 aliphatic carbocycles. The Balaban J connectivity index is 4.09. The monoisotopic (exact) mass is 778 g/mol. The summed E-state index contributed by atoms with van der Waals surface area (Å²) in [5.41, 5.74) is 0. The zero-order valence-corrected chi connectivity index (χ0v) is 36.1. The summed E-state index contributed by atoms with van der Waals surface area (Å²) in [6, 6.07) is -0.765. The molecule has 0 radical (unpaired) electrons. The Labute approximate surface area is 332 Å². The van der Waals surface area contributed by atoms with Crippen molar-refractivity contribution in [2.45, 2.75) is 167 Å². The van der Waals surface area contributed by atoms with E-state index < -0.39 is 20.0 Å². The van der Waals surface area contributed by atoms with Crippen molar-refractivity contribution >= 4 is 13.7 Å². The van der Waals surface area contributed by atoms with Gasteiger partial charge in [0.05, 0.1) is 39.9 Å². The molecule has 0 fully saturated rings. The number of phosphoric ester groups is 1. The molecule has 0 bridgehead atoms. The summed E-state index contributed by atoms with van der Waals surface area (Å²) in [6.45, 7) is 4.65. The standard InChI is InChI=1S/C45H81N2O6P/c1-6-8-10-12-13-14-15-16-17-18-19-20-21-22-23-24-25-26-27-28-29-30-31-32-33-35-37-39-45(49)46-43(44(48)38-36-34-11-9-7-2)42-53-54(50,51)52-41-40-47(3,4)5/h8,10,13-14,16-17,19-20,22-23,25-26,43-44,48H,6-7,9,11-12,15,18,21,24,27-42H2,1-5H3,(H-,46,49,50,51)/p+1/b10-8-,14-13-,17-16-,20-19-,23-22-,26-25-. The van der Waals surface area contributed by atoms with Crippen molar-refractivity contribution in [1.29, 1.82) is 0 Å². The molecule has 0 aliphatic heterocycles. The number of aliphatic hydroxyl groups excluding tert-OH is 1. The number of phosphoric acid groups is 1. The first-order valence-electron chi connectivity index (χ1n) is 21.3. The van der Waals surface area contributed by atoms with Crippen molar-refractivity contribution in [2.75, 3.05) is 40.9 Å². The molecule has 0 saturated heterocycles. The Bertz CT molecular complexity index is 1110. The summed E-state index contributed by atoms with van der Waals surface area (Å²) in [5.74, 6) is -0.165. The van der Waals surface area contributed by atoms with Crippen LogP contribution < -0.4 is 5.32 Å². The molecular formula is C45H82N2O6P+. The van der Waals surface area contributed by atoms with Gasteiger partial charge in [0.25, 0.3) is 0 Å². The highest BCUT2D eigenvalue weighted by atomic mass is 31.2. The van der Waals surface area contributed by atoms with E-state index in [1.165, 1.54) is 32.1 Å². The van der Waals surface area contributed by atoms with E-state index in [1.807, 2.05) is 21.1 Å². The van der Waals surface area contributed by atoms with Crippen LogP contribution in [-0.2, 0) is 18.4 Å². The minimum absolute atomic E-state index is 0.0681. The maximum absolute atomic E-state index is 12.8. The summed E-state index contributed by atoms with van der Waals surface area (Å²) >= 11 is 0. The van der Waals surface area contributed by atoms with E-state index in [2.05, 4.69) is 92.1 Å². The Morgan fingerprint density at radius 2 is 1.11 bits per heavy atom. The van der Waals surface area contributed by atoms with Gasteiger partial charge in [-0.1, -0.05) is 157 Å². The smallest absolute Gasteiger partial charge is 0.391 e. The molecule has 3 unspecified atom stereocenters. The van der Waals surface area contributed by atoms with Crippen LogP contribution in [0, 0.1) is 0 Å². The van der Waals surface area contributed by atoms with Gasteiger partial charge >= 0.3 is 7.82 Å². The summed E-state index contributed by atoms with van der Waals surface area (Å²) in [4.78, 5) is 22.9. The molecule has 54 heavy (non-hydrogen) atoms. The summed E-state index contributed by atoms with van der Waals surface area (Å²) in [5, 5.41) is 13.7. The lowest BCUT2D eigenvalue weighted by Crippen LogP contribution is -2.46. The zero-order valence-electron chi connectivity index (χ0n) is 35.2. The molecule has 3 N–H and O–H groups in total. The highest BCUT2D eigenvalue weighted by Crippen LogP contribution is 2.43. The molecule has 0 aromatic heterocycles. The number of nitrogens with one attached hydrogen (secondary N) is 1. The molecular weight excluding hydrogens is 695 g/mol. The van der Waals surface area contributed by atoms with Crippen molar-refractivity contribution in [2.24, 2.45) is 0 Å². The van der Waals surface area contributed by atoms with Gasteiger partial charge in [-0.2, -0.15) is 0 Å². The quantitative estimate of drug-likeness (QED) is 0.0251. The summed E-state index contributed by atoms with van der Waals surface area (Å²) in [6.07, 6.45) is 48.3. The van der Waals surface area contributed by atoms with Gasteiger partial charge in [0.2, 0.25) is 5.91 Å². The third-order valence-corrected chi connectivity index (χ3v) is 9.95. The summed E-state index contributed by atoms with van der Waals surface area (Å²) in [7, 11) is 1.59. The average molecular weight is 778 g/mol. The number of likely N-dealkylation sites (N-methyl/N-ethyl adjacent to an activating group) is 1. The van der Waals surface area contributed by atoms with Crippen molar-refractivity contribution in [3.63, 3.8) is 0 Å². The maximum Gasteiger partial charge on any atom is 0.472 e. The highest BCUT2D eigenvalue weighted by molar-refractivity contribution is 7.47. The van der Waals surface area contributed by atoms with Gasteiger partial charge in [-0.25, -0.2) is 4.57 Å². The van der Waals surface area contributed by atoms with Gasteiger partial charge in [0, 0.05) is 6.42 Å². The minimum Gasteiger partial charge on any atom is -0.391 e. The number of allylic oxidation sites excluding steroid dienone is 12. The number of hydrogen-bond acceptors (Lipinski definition) is 5.